The Bertz CT molecular complexity index is 271. The first-order valence-electron chi connectivity index (χ1n) is 3.49. The molecular weight excluding hydrogens is 162 g/mol. The molecule has 1 rings (SSSR count). The van der Waals surface area contributed by atoms with Crippen LogP contribution >= 0.6 is 0 Å². The minimum Gasteiger partial charge on any atom is -0.390 e. The van der Waals surface area contributed by atoms with E-state index in [0.717, 1.165) is 4.85 Å². The number of hydrogen-bond acceptors (Lipinski definition) is 5. The lowest BCUT2D eigenvalue weighted by atomic mass is 10.5. The molecule has 6 nitrogen and oxygen atoms in total. The van der Waals surface area contributed by atoms with Gasteiger partial charge in [0.25, 0.3) is 0 Å². The number of aromatic nitrogens is 3. The topological polar surface area (TPSA) is 77.2 Å². The van der Waals surface area contributed by atoms with Crippen molar-refractivity contribution in [3.05, 3.63) is 11.9 Å². The summed E-state index contributed by atoms with van der Waals surface area (Å²) in [5, 5.41) is 15.6. The van der Waals surface area contributed by atoms with Crippen LogP contribution in [0.5, 0.6) is 0 Å². The highest BCUT2D eigenvalue weighted by Gasteiger charge is 2.06. The normalized spacial score (nSPS) is 9.83. The Morgan fingerprint density at radius 2 is 2.58 bits per heavy atom. The van der Waals surface area contributed by atoms with Gasteiger partial charge >= 0.3 is 5.97 Å². The Kier molecular flexibility index (Phi) is 2.76. The number of carbonyl (C=O) groups is 1. The van der Waals surface area contributed by atoms with Crippen molar-refractivity contribution in [3.8, 4) is 0 Å². The zero-order chi connectivity index (χ0) is 8.97. The third kappa shape index (κ3) is 1.79. The summed E-state index contributed by atoms with van der Waals surface area (Å²) in [6.45, 7) is 1.40. The maximum absolute atomic E-state index is 10.8. The zero-order valence-corrected chi connectivity index (χ0v) is 6.60. The van der Waals surface area contributed by atoms with Crippen molar-refractivity contribution in [2.75, 3.05) is 0 Å². The first-order valence-corrected chi connectivity index (χ1v) is 3.49. The fraction of sp³-hybridized carbons (Fsp3) is 0.500. The Labute approximate surface area is 68.7 Å². The maximum atomic E-state index is 10.8. The van der Waals surface area contributed by atoms with Gasteiger partial charge in [-0.25, -0.2) is 4.79 Å². The number of carbonyl (C=O) groups excluding carboxylic acids is 1. The molecule has 0 aliphatic rings. The van der Waals surface area contributed by atoms with Crippen LogP contribution in [-0.4, -0.2) is 26.2 Å². The molecule has 0 saturated carbocycles. The number of hydrogen-bond donors (Lipinski definition) is 1. The average molecular weight is 171 g/mol. The molecule has 1 N–H and O–H groups in total. The molecule has 0 saturated heterocycles. The van der Waals surface area contributed by atoms with Crippen LogP contribution in [0, 0.1) is 0 Å². The van der Waals surface area contributed by atoms with E-state index >= 15 is 0 Å². The molecule has 0 spiro atoms. The van der Waals surface area contributed by atoms with E-state index in [9.17, 15) is 4.79 Å². The molecule has 6 heteroatoms. The lowest BCUT2D eigenvalue weighted by molar-refractivity contribution is -0.146. The Morgan fingerprint density at radius 1 is 1.83 bits per heavy atom. The van der Waals surface area contributed by atoms with Gasteiger partial charge in [0.1, 0.15) is 5.69 Å². The van der Waals surface area contributed by atoms with E-state index in [1.54, 1.807) is 6.92 Å². The number of aliphatic hydroxyl groups is 1. The lowest BCUT2D eigenvalue weighted by Crippen LogP contribution is -2.22. The molecule has 0 atom stereocenters. The Balaban J connectivity index is 2.68. The summed E-state index contributed by atoms with van der Waals surface area (Å²) in [6, 6.07) is 0. The van der Waals surface area contributed by atoms with Crippen molar-refractivity contribution in [1.29, 1.82) is 0 Å². The molecule has 0 aromatic carbocycles. The summed E-state index contributed by atoms with van der Waals surface area (Å²) < 4.78 is 0. The quantitative estimate of drug-likeness (QED) is 0.598. The van der Waals surface area contributed by atoms with Crippen molar-refractivity contribution in [2.45, 2.75) is 20.0 Å². The van der Waals surface area contributed by atoms with E-state index in [-0.39, 0.29) is 13.0 Å². The van der Waals surface area contributed by atoms with Gasteiger partial charge in [-0.05, 0) is 5.21 Å². The second-order valence-corrected chi connectivity index (χ2v) is 2.07. The minimum atomic E-state index is -0.421. The fourth-order valence-corrected chi connectivity index (χ4v) is 0.585. The maximum Gasteiger partial charge on any atom is 0.334 e. The predicted octanol–water partition coefficient (Wildman–Crippen LogP) is -0.864. The largest absolute Gasteiger partial charge is 0.390 e. The Hall–Kier alpha value is -1.43. The molecule has 0 aliphatic carbocycles. The summed E-state index contributed by atoms with van der Waals surface area (Å²) in [7, 11) is 0. The summed E-state index contributed by atoms with van der Waals surface area (Å²) in [6.07, 6.45) is 1.58. The van der Waals surface area contributed by atoms with Crippen LogP contribution in [0.15, 0.2) is 6.20 Å². The fourth-order valence-electron chi connectivity index (χ4n) is 0.585. The highest BCUT2D eigenvalue weighted by Crippen LogP contribution is 1.93. The molecule has 12 heavy (non-hydrogen) atoms. The zero-order valence-electron chi connectivity index (χ0n) is 6.60. The van der Waals surface area contributed by atoms with Gasteiger partial charge in [0.05, 0.1) is 12.8 Å². The van der Waals surface area contributed by atoms with Crippen molar-refractivity contribution < 1.29 is 14.7 Å². The third-order valence-electron chi connectivity index (χ3n) is 1.22. The van der Waals surface area contributed by atoms with Crippen LogP contribution in [0.1, 0.15) is 19.0 Å². The van der Waals surface area contributed by atoms with Gasteiger partial charge < -0.3 is 9.94 Å². The molecular formula is C6H9N3O3. The number of aliphatic hydroxyl groups excluding tert-OH is 1. The molecule has 0 unspecified atom stereocenters. The molecule has 0 fully saturated rings. The van der Waals surface area contributed by atoms with E-state index in [1.807, 2.05) is 0 Å². The van der Waals surface area contributed by atoms with Crippen LogP contribution < -0.4 is 4.84 Å². The van der Waals surface area contributed by atoms with E-state index in [1.165, 1.54) is 6.20 Å². The molecule has 0 amide bonds. The monoisotopic (exact) mass is 171 g/mol. The average Bonchev–Trinajstić information content (AvgIpc) is 2.51. The summed E-state index contributed by atoms with van der Waals surface area (Å²) in [5.74, 6) is -0.421. The van der Waals surface area contributed by atoms with Gasteiger partial charge in [-0.1, -0.05) is 11.8 Å². The second-order valence-electron chi connectivity index (χ2n) is 2.07. The van der Waals surface area contributed by atoms with Gasteiger partial charge in [-0.2, -0.15) is 0 Å². The van der Waals surface area contributed by atoms with Gasteiger partial charge in [0, 0.05) is 6.42 Å². The standard InChI is InChI=1S/C6H9N3O3/c1-2-6(11)12-9-5(4-10)3-7-8-9/h3,10H,2,4H2,1H3. The smallest absolute Gasteiger partial charge is 0.334 e. The van der Waals surface area contributed by atoms with E-state index in [0.29, 0.717) is 5.69 Å². The van der Waals surface area contributed by atoms with Crippen molar-refractivity contribution in [1.82, 2.24) is 15.2 Å². The van der Waals surface area contributed by atoms with Crippen molar-refractivity contribution in [3.63, 3.8) is 0 Å². The minimum absolute atomic E-state index is 0.255. The molecule has 1 heterocycles. The summed E-state index contributed by atoms with van der Waals surface area (Å²) >= 11 is 0. The van der Waals surface area contributed by atoms with E-state index in [2.05, 4.69) is 15.1 Å². The SMILES string of the molecule is CCC(=O)On1nncc1CO. The molecule has 0 aliphatic heterocycles. The van der Waals surface area contributed by atoms with Gasteiger partial charge in [-0.3, -0.25) is 0 Å². The summed E-state index contributed by atoms with van der Waals surface area (Å²) in [5.41, 5.74) is 0.344. The van der Waals surface area contributed by atoms with Crippen LogP contribution in [0.2, 0.25) is 0 Å². The highest BCUT2D eigenvalue weighted by atomic mass is 16.7. The predicted molar refractivity (Wildman–Crippen MR) is 37.8 cm³/mol. The van der Waals surface area contributed by atoms with Crippen molar-refractivity contribution >= 4 is 5.97 Å². The van der Waals surface area contributed by atoms with Gasteiger partial charge in [0.15, 0.2) is 0 Å². The number of rotatable bonds is 3. The lowest BCUT2D eigenvalue weighted by Gasteiger charge is -2.01. The number of nitrogens with zero attached hydrogens (tertiary/aromatic N) is 3. The first kappa shape index (κ1) is 8.66. The van der Waals surface area contributed by atoms with Crippen LogP contribution in [0.4, 0.5) is 0 Å². The third-order valence-corrected chi connectivity index (χ3v) is 1.22. The first-order chi connectivity index (χ1) is 5.77. The van der Waals surface area contributed by atoms with E-state index in [4.69, 9.17) is 5.11 Å². The van der Waals surface area contributed by atoms with Crippen molar-refractivity contribution in [2.24, 2.45) is 0 Å². The van der Waals surface area contributed by atoms with Crippen LogP contribution in [-0.2, 0) is 11.4 Å². The summed E-state index contributed by atoms with van der Waals surface area (Å²) in [4.78, 5) is 16.3. The molecule has 0 bridgehead atoms. The van der Waals surface area contributed by atoms with Gasteiger partial charge in [0.2, 0.25) is 0 Å². The molecule has 1 aromatic heterocycles. The Morgan fingerprint density at radius 3 is 3.17 bits per heavy atom. The van der Waals surface area contributed by atoms with Crippen LogP contribution in [0.25, 0.3) is 0 Å². The molecule has 1 aromatic rings. The molecule has 0 radical (unpaired) electrons. The van der Waals surface area contributed by atoms with Gasteiger partial charge in [-0.15, -0.1) is 5.10 Å². The second kappa shape index (κ2) is 3.82. The molecule has 66 valence electrons. The van der Waals surface area contributed by atoms with Crippen LogP contribution in [0.3, 0.4) is 0 Å². The highest BCUT2D eigenvalue weighted by molar-refractivity contribution is 5.69. The van der Waals surface area contributed by atoms with E-state index < -0.39 is 5.97 Å².